The Labute approximate surface area is 207 Å². The van der Waals surface area contributed by atoms with Crippen LogP contribution < -0.4 is 10.1 Å². The van der Waals surface area contributed by atoms with Crippen molar-refractivity contribution < 1.29 is 9.53 Å². The molecule has 0 saturated carbocycles. The highest BCUT2D eigenvalue weighted by Crippen LogP contribution is 2.19. The molecular weight excluding hydrogens is 434 g/mol. The van der Waals surface area contributed by atoms with Gasteiger partial charge in [-0.05, 0) is 55.2 Å². The third kappa shape index (κ3) is 7.57. The van der Waals surface area contributed by atoms with Gasteiger partial charge >= 0.3 is 0 Å². The van der Waals surface area contributed by atoms with Crippen molar-refractivity contribution in [2.24, 2.45) is 0 Å². The van der Waals surface area contributed by atoms with Crippen molar-refractivity contribution in [2.75, 3.05) is 13.2 Å². The summed E-state index contributed by atoms with van der Waals surface area (Å²) in [4.78, 5) is 16.9. The normalized spacial score (nSPS) is 11.2. The van der Waals surface area contributed by atoms with E-state index in [2.05, 4.69) is 28.1 Å². The van der Waals surface area contributed by atoms with E-state index >= 15 is 0 Å². The van der Waals surface area contributed by atoms with Crippen LogP contribution in [0.25, 0.3) is 17.1 Å². The van der Waals surface area contributed by atoms with Gasteiger partial charge in [0.1, 0.15) is 11.6 Å². The highest BCUT2D eigenvalue weighted by atomic mass is 16.5. The van der Waals surface area contributed by atoms with E-state index in [4.69, 9.17) is 9.72 Å². The van der Waals surface area contributed by atoms with E-state index in [1.165, 1.54) is 5.52 Å². The molecule has 0 aliphatic heterocycles. The van der Waals surface area contributed by atoms with Crippen LogP contribution in [-0.4, -0.2) is 28.6 Å². The minimum Gasteiger partial charge on any atom is -0.494 e. The van der Waals surface area contributed by atoms with Crippen molar-refractivity contribution in [1.29, 1.82) is 0 Å². The van der Waals surface area contributed by atoms with Gasteiger partial charge in [0.05, 0.1) is 17.6 Å². The molecule has 180 valence electrons. The van der Waals surface area contributed by atoms with Crippen LogP contribution in [0.3, 0.4) is 0 Å². The molecule has 0 bridgehead atoms. The monoisotopic (exact) mass is 467 g/mol. The first-order chi connectivity index (χ1) is 17.3. The number of para-hydroxylation sites is 3. The van der Waals surface area contributed by atoms with Gasteiger partial charge in [-0.3, -0.25) is 4.79 Å². The number of hydrogen-bond acceptors (Lipinski definition) is 3. The topological polar surface area (TPSA) is 56.2 Å². The van der Waals surface area contributed by atoms with Crippen LogP contribution in [0.5, 0.6) is 5.75 Å². The summed E-state index contributed by atoms with van der Waals surface area (Å²) in [6.07, 6.45) is 8.32. The van der Waals surface area contributed by atoms with E-state index < -0.39 is 0 Å². The second-order valence-electron chi connectivity index (χ2n) is 8.53. The predicted octanol–water partition coefficient (Wildman–Crippen LogP) is 6.05. The van der Waals surface area contributed by atoms with Gasteiger partial charge in [-0.25, -0.2) is 4.98 Å². The third-order valence-electron chi connectivity index (χ3n) is 5.87. The van der Waals surface area contributed by atoms with E-state index in [-0.39, 0.29) is 5.91 Å². The summed E-state index contributed by atoms with van der Waals surface area (Å²) in [6.45, 7) is 2.24. The Morgan fingerprint density at radius 1 is 0.857 bits per heavy atom. The molecule has 0 atom stereocenters. The Morgan fingerprint density at radius 3 is 2.43 bits per heavy atom. The number of carbonyl (C=O) groups is 1. The molecule has 1 aromatic heterocycles. The van der Waals surface area contributed by atoms with Crippen LogP contribution in [-0.2, 0) is 17.8 Å². The third-order valence-corrected chi connectivity index (χ3v) is 5.87. The fraction of sp³-hybridized carbons (Fsp3) is 0.267. The van der Waals surface area contributed by atoms with Gasteiger partial charge in [0, 0.05) is 25.6 Å². The summed E-state index contributed by atoms with van der Waals surface area (Å²) in [5.41, 5.74) is 3.25. The van der Waals surface area contributed by atoms with E-state index in [9.17, 15) is 4.79 Å². The lowest BCUT2D eigenvalue weighted by Crippen LogP contribution is -2.22. The van der Waals surface area contributed by atoms with Crippen LogP contribution in [0.15, 0.2) is 91.0 Å². The zero-order valence-corrected chi connectivity index (χ0v) is 20.1. The summed E-state index contributed by atoms with van der Waals surface area (Å²) in [5.74, 6) is 1.99. The number of amides is 1. The number of hydrogen-bond donors (Lipinski definition) is 1. The molecule has 0 aliphatic rings. The summed E-state index contributed by atoms with van der Waals surface area (Å²) in [6, 6.07) is 28.1. The molecule has 3 aromatic carbocycles. The number of unbranched alkanes of at least 4 members (excludes halogenated alkanes) is 2. The number of benzene rings is 3. The molecule has 1 N–H and O–H groups in total. The average Bonchev–Trinajstić information content (AvgIpc) is 3.26. The van der Waals surface area contributed by atoms with Crippen molar-refractivity contribution in [1.82, 2.24) is 14.9 Å². The summed E-state index contributed by atoms with van der Waals surface area (Å²) >= 11 is 0. The summed E-state index contributed by atoms with van der Waals surface area (Å²) in [5, 5.41) is 2.97. The molecule has 0 radical (unpaired) electrons. The highest BCUT2D eigenvalue weighted by Gasteiger charge is 2.10. The molecule has 1 amide bonds. The minimum atomic E-state index is -0.0478. The number of nitrogens with one attached hydrogen (secondary N) is 1. The first-order valence-electron chi connectivity index (χ1n) is 12.4. The maximum Gasteiger partial charge on any atom is 0.243 e. The Morgan fingerprint density at radius 2 is 1.60 bits per heavy atom. The molecule has 5 heteroatoms. The molecule has 0 fully saturated rings. The van der Waals surface area contributed by atoms with Crippen LogP contribution in [0.2, 0.25) is 0 Å². The van der Waals surface area contributed by atoms with E-state index in [1.807, 2.05) is 72.8 Å². The first-order valence-corrected chi connectivity index (χ1v) is 12.4. The lowest BCUT2D eigenvalue weighted by molar-refractivity contribution is -0.116. The molecule has 1 heterocycles. The lowest BCUT2D eigenvalue weighted by atomic mass is 10.2. The second-order valence-corrected chi connectivity index (χ2v) is 8.53. The number of ether oxygens (including phenoxy) is 1. The van der Waals surface area contributed by atoms with Gasteiger partial charge < -0.3 is 14.6 Å². The van der Waals surface area contributed by atoms with Gasteiger partial charge in [-0.1, -0.05) is 67.1 Å². The first kappa shape index (κ1) is 24.3. The van der Waals surface area contributed by atoms with E-state index in [1.54, 1.807) is 6.08 Å². The smallest absolute Gasteiger partial charge is 0.243 e. The number of aromatic nitrogens is 2. The number of nitrogens with zero attached hydrogens (tertiary/aromatic N) is 2. The predicted molar refractivity (Wildman–Crippen MR) is 142 cm³/mol. The number of carbonyl (C=O) groups excluding carboxylic acids is 1. The Kier molecular flexibility index (Phi) is 9.11. The molecule has 0 saturated heterocycles. The van der Waals surface area contributed by atoms with Crippen LogP contribution in [0.1, 0.15) is 37.1 Å². The van der Waals surface area contributed by atoms with Crippen molar-refractivity contribution in [3.05, 3.63) is 102 Å². The number of fused-ring (bicyclic) bond motifs is 1. The van der Waals surface area contributed by atoms with Crippen molar-refractivity contribution in [3.63, 3.8) is 0 Å². The van der Waals surface area contributed by atoms with Gasteiger partial charge in [0.2, 0.25) is 5.91 Å². The van der Waals surface area contributed by atoms with E-state index in [0.717, 1.165) is 61.3 Å². The van der Waals surface area contributed by atoms with Crippen LogP contribution >= 0.6 is 0 Å². The zero-order valence-electron chi connectivity index (χ0n) is 20.1. The maximum absolute atomic E-state index is 12.0. The molecule has 35 heavy (non-hydrogen) atoms. The standard InChI is InChI=1S/C30H33N3O2/c34-30(21-20-25-13-4-1-5-14-25)31-22-11-3-8-19-29-32-27-17-9-10-18-28(27)33(29)23-12-24-35-26-15-6-2-7-16-26/h1-2,4-7,9-10,13-18,20-21H,3,8,11-12,19,22-24H2,(H,31,34)/b21-20+. The number of imidazole rings is 1. The van der Waals surface area contributed by atoms with Crippen LogP contribution in [0, 0.1) is 0 Å². The fourth-order valence-electron chi connectivity index (χ4n) is 4.09. The summed E-state index contributed by atoms with van der Waals surface area (Å²) < 4.78 is 8.20. The molecule has 0 aliphatic carbocycles. The van der Waals surface area contributed by atoms with Crippen molar-refractivity contribution >= 4 is 23.0 Å². The number of aryl methyl sites for hydroxylation is 2. The Balaban J connectivity index is 1.20. The molecule has 4 rings (SSSR count). The maximum atomic E-state index is 12.0. The van der Waals surface area contributed by atoms with Gasteiger partial charge in [0.15, 0.2) is 0 Å². The van der Waals surface area contributed by atoms with Gasteiger partial charge in [-0.15, -0.1) is 0 Å². The molecular formula is C30H33N3O2. The summed E-state index contributed by atoms with van der Waals surface area (Å²) in [7, 11) is 0. The SMILES string of the molecule is O=C(/C=C/c1ccccc1)NCCCCCc1nc2ccccc2n1CCCOc1ccccc1. The molecule has 4 aromatic rings. The van der Waals surface area contributed by atoms with Gasteiger partial charge in [0.25, 0.3) is 0 Å². The van der Waals surface area contributed by atoms with Gasteiger partial charge in [-0.2, -0.15) is 0 Å². The lowest BCUT2D eigenvalue weighted by Gasteiger charge is -2.10. The average molecular weight is 468 g/mol. The largest absolute Gasteiger partial charge is 0.494 e. The van der Waals surface area contributed by atoms with Crippen molar-refractivity contribution in [3.8, 4) is 5.75 Å². The number of rotatable bonds is 13. The quantitative estimate of drug-likeness (QED) is 0.192. The molecule has 0 unspecified atom stereocenters. The molecule has 0 spiro atoms. The Hall–Kier alpha value is -3.86. The van der Waals surface area contributed by atoms with E-state index in [0.29, 0.717) is 13.2 Å². The Bertz CT molecular complexity index is 1220. The van der Waals surface area contributed by atoms with Crippen molar-refractivity contribution in [2.45, 2.75) is 38.6 Å². The fourth-order valence-corrected chi connectivity index (χ4v) is 4.09. The minimum absolute atomic E-state index is 0.0478. The zero-order chi connectivity index (χ0) is 24.1. The van der Waals surface area contributed by atoms with Crippen LogP contribution in [0.4, 0.5) is 0 Å². The highest BCUT2D eigenvalue weighted by molar-refractivity contribution is 5.91. The second kappa shape index (κ2) is 13.1. The molecule has 5 nitrogen and oxygen atoms in total.